The van der Waals surface area contributed by atoms with Gasteiger partial charge in [-0.3, -0.25) is 24.0 Å². The molecule has 5 amide bonds. The van der Waals surface area contributed by atoms with Crippen molar-refractivity contribution in [3.63, 3.8) is 0 Å². The van der Waals surface area contributed by atoms with Crippen molar-refractivity contribution < 1.29 is 52.1 Å². The lowest BCUT2D eigenvalue weighted by molar-refractivity contribution is -0.140. The summed E-state index contributed by atoms with van der Waals surface area (Å²) >= 11 is 0. The van der Waals surface area contributed by atoms with Gasteiger partial charge in [0.25, 0.3) is 17.7 Å². The first-order valence-electron chi connectivity index (χ1n) is 16.3. The van der Waals surface area contributed by atoms with E-state index in [-0.39, 0.29) is 56.8 Å². The number of piperazine rings is 1. The fraction of sp³-hybridized carbons (Fsp3) is 0.531. The van der Waals surface area contributed by atoms with Crippen LogP contribution in [-0.4, -0.2) is 135 Å². The summed E-state index contributed by atoms with van der Waals surface area (Å²) in [5.74, 6) is -7.46. The first-order valence-corrected chi connectivity index (χ1v) is 16.3. The highest BCUT2D eigenvalue weighted by Gasteiger charge is 2.50. The molecule has 16 nitrogen and oxygen atoms in total. The number of ether oxygens (including phenoxy) is 2. The minimum absolute atomic E-state index is 0.0877. The van der Waals surface area contributed by atoms with Gasteiger partial charge in [0.15, 0.2) is 12.3 Å². The minimum Gasteiger partial charge on any atom is -0.481 e. The van der Waals surface area contributed by atoms with Gasteiger partial charge in [0.1, 0.15) is 12.1 Å². The van der Waals surface area contributed by atoms with E-state index < -0.39 is 79.7 Å². The Labute approximate surface area is 285 Å². The highest BCUT2D eigenvalue weighted by Crippen LogP contribution is 2.33. The maximum Gasteiger partial charge on any atom is 0.409 e. The number of nitrogens with one attached hydrogen (secondary N) is 2. The molecule has 50 heavy (non-hydrogen) atoms. The van der Waals surface area contributed by atoms with Crippen LogP contribution in [0.15, 0.2) is 36.4 Å². The van der Waals surface area contributed by atoms with E-state index in [0.717, 1.165) is 17.7 Å². The van der Waals surface area contributed by atoms with Gasteiger partial charge in [0.05, 0.1) is 18.8 Å². The summed E-state index contributed by atoms with van der Waals surface area (Å²) in [7, 11) is 0. The fourth-order valence-electron chi connectivity index (χ4n) is 5.69. The van der Waals surface area contributed by atoms with Crippen LogP contribution in [0.25, 0.3) is 5.69 Å². The predicted molar refractivity (Wildman–Crippen MR) is 169 cm³/mol. The van der Waals surface area contributed by atoms with Crippen LogP contribution in [0.4, 0.5) is 13.6 Å². The van der Waals surface area contributed by atoms with Crippen LogP contribution in [-0.2, 0) is 23.9 Å². The smallest absolute Gasteiger partial charge is 0.409 e. The second kappa shape index (κ2) is 15.5. The number of likely N-dealkylation sites (tertiary alicyclic amines) is 1. The lowest BCUT2D eigenvalue weighted by atomic mass is 10.1. The normalized spacial score (nSPS) is 19.0. The van der Waals surface area contributed by atoms with Gasteiger partial charge < -0.3 is 39.9 Å². The number of carbonyl (C=O) groups excluding carboxylic acids is 5. The topological polar surface area (TPSA) is 193 Å². The molecule has 2 atom stereocenters. The van der Waals surface area contributed by atoms with Crippen LogP contribution in [0, 0.1) is 0 Å². The molecule has 0 bridgehead atoms. The average Bonchev–Trinajstić information content (AvgIpc) is 3.70. The van der Waals surface area contributed by atoms with Crippen LogP contribution < -0.4 is 15.4 Å². The van der Waals surface area contributed by atoms with E-state index in [4.69, 9.17) is 9.47 Å². The molecule has 3 N–H and O–H groups in total. The molecular formula is C32H39F2N7O9. The first kappa shape index (κ1) is 36.0. The summed E-state index contributed by atoms with van der Waals surface area (Å²) in [6, 6.07) is 6.86. The van der Waals surface area contributed by atoms with Crippen LogP contribution >= 0.6 is 0 Å². The van der Waals surface area contributed by atoms with Gasteiger partial charge in [-0.25, -0.2) is 18.3 Å². The molecule has 3 aliphatic rings. The molecule has 1 aliphatic carbocycles. The number of carbonyl (C=O) groups is 6. The van der Waals surface area contributed by atoms with Crippen molar-refractivity contribution in [2.75, 3.05) is 45.9 Å². The third-order valence-corrected chi connectivity index (χ3v) is 8.44. The molecule has 3 fully saturated rings. The number of alkyl halides is 2. The van der Waals surface area contributed by atoms with E-state index in [9.17, 15) is 42.7 Å². The Morgan fingerprint density at radius 3 is 2.36 bits per heavy atom. The predicted octanol–water partition coefficient (Wildman–Crippen LogP) is 1.03. The number of carboxylic acids is 1. The quantitative estimate of drug-likeness (QED) is 0.272. The van der Waals surface area contributed by atoms with Gasteiger partial charge in [-0.1, -0.05) is 18.2 Å². The van der Waals surface area contributed by atoms with Gasteiger partial charge in [0, 0.05) is 51.1 Å². The zero-order chi connectivity index (χ0) is 36.0. The summed E-state index contributed by atoms with van der Waals surface area (Å²) in [4.78, 5) is 79.9. The molecule has 1 saturated carbocycles. The molecule has 2 unspecified atom stereocenters. The third kappa shape index (κ3) is 9.03. The maximum atomic E-state index is 14.4. The zero-order valence-corrected chi connectivity index (χ0v) is 27.4. The molecular weight excluding hydrogens is 664 g/mol. The zero-order valence-electron chi connectivity index (χ0n) is 27.4. The number of rotatable bonds is 13. The Morgan fingerprint density at radius 1 is 1.04 bits per heavy atom. The monoisotopic (exact) mass is 703 g/mol. The summed E-state index contributed by atoms with van der Waals surface area (Å²) in [5.41, 5.74) is 0.173. The van der Waals surface area contributed by atoms with Gasteiger partial charge >= 0.3 is 12.1 Å². The van der Waals surface area contributed by atoms with Crippen molar-refractivity contribution in [3.8, 4) is 11.6 Å². The number of para-hydroxylation sites is 1. The largest absolute Gasteiger partial charge is 0.481 e. The van der Waals surface area contributed by atoms with Gasteiger partial charge in [-0.05, 0) is 38.3 Å². The van der Waals surface area contributed by atoms with Crippen molar-refractivity contribution in [1.82, 2.24) is 35.1 Å². The number of hydrogen-bond donors (Lipinski definition) is 3. The van der Waals surface area contributed by atoms with E-state index in [2.05, 4.69) is 15.7 Å². The molecule has 0 radical (unpaired) electrons. The Bertz CT molecular complexity index is 1590. The summed E-state index contributed by atoms with van der Waals surface area (Å²) in [5, 5.41) is 18.8. The number of amides is 5. The van der Waals surface area contributed by atoms with Crippen LogP contribution in [0.5, 0.6) is 5.88 Å². The molecule has 18 heteroatoms. The lowest BCUT2D eigenvalue weighted by Crippen LogP contribution is -2.56. The Hall–Kier alpha value is -5.29. The standard InChI is InChI=1S/C32H39F2N7O9/c1-2-49-31(48)39-14-12-38(13-15-39)30(47)22(10-11-27(43)44)36-28(45)23-16-26(41(37-23)21-6-4-3-5-7-21)50-18-25(42)40-19-32(33,34)17-24(40)29(46)35-20-8-9-20/h3-7,16,20,22,24H,2,8-15,17-19H2,1H3,(H,35,46)(H,36,45)(H,43,44). The van der Waals surface area contributed by atoms with E-state index >= 15 is 0 Å². The molecule has 0 spiro atoms. The van der Waals surface area contributed by atoms with Gasteiger partial charge in [-0.2, -0.15) is 5.10 Å². The molecule has 3 heterocycles. The second-order valence-corrected chi connectivity index (χ2v) is 12.3. The highest BCUT2D eigenvalue weighted by molar-refractivity contribution is 5.96. The van der Waals surface area contributed by atoms with Crippen molar-refractivity contribution in [2.45, 2.75) is 63.1 Å². The molecule has 2 aromatic rings. The summed E-state index contributed by atoms with van der Waals surface area (Å²) in [6.45, 7) is 0.818. The fourth-order valence-corrected chi connectivity index (χ4v) is 5.69. The SMILES string of the molecule is CCOC(=O)N1CCN(C(=O)C(CCC(=O)O)NC(=O)c2cc(OCC(=O)N3CC(F)(F)CC3C(=O)NC3CC3)n(-c3ccccc3)n2)CC1. The number of aliphatic carboxylic acids is 1. The van der Waals surface area contributed by atoms with Crippen LogP contribution in [0.3, 0.4) is 0 Å². The third-order valence-electron chi connectivity index (χ3n) is 8.44. The summed E-state index contributed by atoms with van der Waals surface area (Å²) < 4.78 is 40.7. The Balaban J connectivity index is 1.30. The lowest BCUT2D eigenvalue weighted by Gasteiger charge is -2.35. The molecule has 1 aromatic heterocycles. The number of benzene rings is 1. The van der Waals surface area contributed by atoms with Gasteiger partial charge in [-0.15, -0.1) is 0 Å². The van der Waals surface area contributed by atoms with Crippen molar-refractivity contribution >= 4 is 35.7 Å². The minimum atomic E-state index is -3.26. The Morgan fingerprint density at radius 2 is 1.72 bits per heavy atom. The number of nitrogens with zero attached hydrogens (tertiary/aromatic N) is 5. The van der Waals surface area contributed by atoms with E-state index in [1.807, 2.05) is 0 Å². The van der Waals surface area contributed by atoms with Crippen molar-refractivity contribution in [3.05, 3.63) is 42.1 Å². The van der Waals surface area contributed by atoms with Crippen LogP contribution in [0.1, 0.15) is 49.5 Å². The molecule has 5 rings (SSSR count). The Kier molecular flexibility index (Phi) is 11.2. The molecule has 2 saturated heterocycles. The van der Waals surface area contributed by atoms with E-state index in [1.54, 1.807) is 37.3 Å². The van der Waals surface area contributed by atoms with E-state index in [1.165, 1.54) is 20.5 Å². The number of aromatic nitrogens is 2. The van der Waals surface area contributed by atoms with Crippen LogP contribution in [0.2, 0.25) is 0 Å². The molecule has 270 valence electrons. The van der Waals surface area contributed by atoms with Gasteiger partial charge in [0.2, 0.25) is 17.7 Å². The first-order chi connectivity index (χ1) is 23.8. The number of halogens is 2. The van der Waals surface area contributed by atoms with Crippen molar-refractivity contribution in [2.24, 2.45) is 0 Å². The molecule has 1 aromatic carbocycles. The number of hydrogen-bond acceptors (Lipinski definition) is 9. The van der Waals surface area contributed by atoms with E-state index in [0.29, 0.717) is 5.69 Å². The second-order valence-electron chi connectivity index (χ2n) is 12.3. The van der Waals surface area contributed by atoms with Crippen molar-refractivity contribution in [1.29, 1.82) is 0 Å². The summed E-state index contributed by atoms with van der Waals surface area (Å²) in [6.07, 6.45) is -0.496. The molecule has 2 aliphatic heterocycles. The maximum absolute atomic E-state index is 14.4. The average molecular weight is 704 g/mol. The number of carboxylic acid groups (broad SMARTS) is 1. The highest BCUT2D eigenvalue weighted by atomic mass is 19.3.